The van der Waals surface area contributed by atoms with E-state index in [1.54, 1.807) is 12.4 Å². The molecule has 1 heterocycles. The van der Waals surface area contributed by atoms with Gasteiger partial charge in [0.05, 0.1) is 13.2 Å². The predicted molar refractivity (Wildman–Crippen MR) is 83.2 cm³/mol. The van der Waals surface area contributed by atoms with Crippen LogP contribution in [0.1, 0.15) is 23.7 Å². The molecule has 3 rings (SSSR count). The van der Waals surface area contributed by atoms with Crippen molar-refractivity contribution in [3.63, 3.8) is 0 Å². The first-order valence-electron chi connectivity index (χ1n) is 7.13. The van der Waals surface area contributed by atoms with Crippen molar-refractivity contribution in [3.8, 4) is 11.1 Å². The Balaban J connectivity index is 1.99. The van der Waals surface area contributed by atoms with Gasteiger partial charge < -0.3 is 15.6 Å². The minimum Gasteiger partial charge on any atom is -0.469 e. The van der Waals surface area contributed by atoms with Gasteiger partial charge in [-0.2, -0.15) is 0 Å². The minimum absolute atomic E-state index is 0.0973. The van der Waals surface area contributed by atoms with Crippen molar-refractivity contribution in [3.05, 3.63) is 48.0 Å². The minimum atomic E-state index is -0.693. The van der Waals surface area contributed by atoms with Crippen molar-refractivity contribution >= 4 is 6.02 Å². The number of amidine groups is 1. The van der Waals surface area contributed by atoms with Crippen LogP contribution in [0.2, 0.25) is 0 Å². The quantitative estimate of drug-likeness (QED) is 0.646. The summed E-state index contributed by atoms with van der Waals surface area (Å²) in [6, 6.07) is 5.70. The number of fused-ring (bicyclic) bond motifs is 1. The second kappa shape index (κ2) is 6.11. The molecule has 1 aliphatic carbocycles. The number of aromatic nitrogens is 2. The van der Waals surface area contributed by atoms with Crippen molar-refractivity contribution < 1.29 is 9.84 Å². The Morgan fingerprint density at radius 3 is 2.86 bits per heavy atom. The standard InChI is InChI=1S/C16H18N4O2/c1-22-16(17)20-14-6-5-12-11(10-7-18-9-19-8-10)3-2-4-13(12)15(14)21/h2-4,7-9,14-15,21H,5-6H2,1H3,(H2,17,20). The van der Waals surface area contributed by atoms with Gasteiger partial charge in [-0.3, -0.25) is 0 Å². The third-order valence-electron chi connectivity index (χ3n) is 3.96. The maximum Gasteiger partial charge on any atom is 0.282 e. The number of aliphatic imine (C=N–C) groups is 1. The van der Waals surface area contributed by atoms with Crippen LogP contribution in [-0.2, 0) is 11.2 Å². The summed E-state index contributed by atoms with van der Waals surface area (Å²) in [7, 11) is 1.47. The van der Waals surface area contributed by atoms with Crippen LogP contribution in [0.3, 0.4) is 0 Å². The molecule has 1 aromatic heterocycles. The monoisotopic (exact) mass is 298 g/mol. The number of rotatable bonds is 2. The molecule has 2 atom stereocenters. The molecule has 1 aliphatic rings. The predicted octanol–water partition coefficient (Wildman–Crippen LogP) is 1.45. The first-order valence-corrected chi connectivity index (χ1v) is 7.13. The maximum atomic E-state index is 10.6. The number of ether oxygens (including phenoxy) is 1. The van der Waals surface area contributed by atoms with E-state index in [9.17, 15) is 5.11 Å². The van der Waals surface area contributed by atoms with E-state index in [2.05, 4.69) is 15.0 Å². The highest BCUT2D eigenvalue weighted by Gasteiger charge is 2.29. The van der Waals surface area contributed by atoms with Gasteiger partial charge in [-0.1, -0.05) is 18.2 Å². The molecular weight excluding hydrogens is 280 g/mol. The average molecular weight is 298 g/mol. The summed E-state index contributed by atoms with van der Waals surface area (Å²) in [4.78, 5) is 12.4. The van der Waals surface area contributed by atoms with E-state index in [1.807, 2.05) is 18.2 Å². The average Bonchev–Trinajstić information content (AvgIpc) is 2.57. The van der Waals surface area contributed by atoms with E-state index in [0.29, 0.717) is 6.42 Å². The molecule has 0 saturated carbocycles. The van der Waals surface area contributed by atoms with Crippen molar-refractivity contribution in [2.24, 2.45) is 10.7 Å². The van der Waals surface area contributed by atoms with E-state index in [1.165, 1.54) is 13.4 Å². The lowest BCUT2D eigenvalue weighted by Gasteiger charge is -2.29. The Bertz CT molecular complexity index is 688. The zero-order valence-corrected chi connectivity index (χ0v) is 12.3. The van der Waals surface area contributed by atoms with Gasteiger partial charge in [-0.05, 0) is 29.5 Å². The molecule has 1 aromatic carbocycles. The van der Waals surface area contributed by atoms with Gasteiger partial charge in [0.2, 0.25) is 0 Å². The molecular formula is C16H18N4O2. The third kappa shape index (κ3) is 2.65. The van der Waals surface area contributed by atoms with Crippen LogP contribution >= 0.6 is 0 Å². The van der Waals surface area contributed by atoms with Crippen LogP contribution in [0.5, 0.6) is 0 Å². The molecule has 22 heavy (non-hydrogen) atoms. The number of benzene rings is 1. The molecule has 3 N–H and O–H groups in total. The number of aliphatic hydroxyl groups excluding tert-OH is 1. The summed E-state index contributed by atoms with van der Waals surface area (Å²) in [6.45, 7) is 0. The van der Waals surface area contributed by atoms with E-state index in [4.69, 9.17) is 10.5 Å². The lowest BCUT2D eigenvalue weighted by atomic mass is 9.82. The molecule has 2 unspecified atom stereocenters. The molecule has 0 bridgehead atoms. The summed E-state index contributed by atoms with van der Waals surface area (Å²) < 4.78 is 4.88. The number of methoxy groups -OCH3 is 1. The largest absolute Gasteiger partial charge is 0.469 e. The Labute approximate surface area is 128 Å². The van der Waals surface area contributed by atoms with Gasteiger partial charge in [0, 0.05) is 18.0 Å². The first kappa shape index (κ1) is 14.5. The van der Waals surface area contributed by atoms with Gasteiger partial charge in [-0.25, -0.2) is 15.0 Å². The van der Waals surface area contributed by atoms with Crippen LogP contribution in [0, 0.1) is 0 Å². The molecule has 114 valence electrons. The van der Waals surface area contributed by atoms with Crippen LogP contribution in [-0.4, -0.2) is 34.2 Å². The van der Waals surface area contributed by atoms with Gasteiger partial charge in [-0.15, -0.1) is 0 Å². The van der Waals surface area contributed by atoms with Crippen LogP contribution in [0.15, 0.2) is 41.9 Å². The number of nitrogens with two attached hydrogens (primary N) is 1. The Hall–Kier alpha value is -2.47. The second-order valence-electron chi connectivity index (χ2n) is 5.22. The maximum absolute atomic E-state index is 10.6. The van der Waals surface area contributed by atoms with Crippen molar-refractivity contribution in [1.82, 2.24) is 9.97 Å². The Morgan fingerprint density at radius 1 is 1.36 bits per heavy atom. The first-order chi connectivity index (χ1) is 10.7. The molecule has 6 nitrogen and oxygen atoms in total. The molecule has 2 aromatic rings. The highest BCUT2D eigenvalue weighted by atomic mass is 16.5. The topological polar surface area (TPSA) is 93.6 Å². The summed E-state index contributed by atoms with van der Waals surface area (Å²) in [5.74, 6) is 0. The van der Waals surface area contributed by atoms with E-state index in [0.717, 1.165) is 28.7 Å². The zero-order valence-electron chi connectivity index (χ0n) is 12.3. The van der Waals surface area contributed by atoms with Crippen molar-refractivity contribution in [2.45, 2.75) is 25.0 Å². The number of aliphatic hydroxyl groups is 1. The zero-order chi connectivity index (χ0) is 15.5. The number of hydrogen-bond acceptors (Lipinski definition) is 5. The van der Waals surface area contributed by atoms with Gasteiger partial charge >= 0.3 is 0 Å². The summed E-state index contributed by atoms with van der Waals surface area (Å²) in [5.41, 5.74) is 9.61. The van der Waals surface area contributed by atoms with Gasteiger partial charge in [0.1, 0.15) is 12.4 Å². The van der Waals surface area contributed by atoms with Crippen LogP contribution in [0.4, 0.5) is 0 Å². The fourth-order valence-corrected chi connectivity index (χ4v) is 2.88. The lowest BCUT2D eigenvalue weighted by molar-refractivity contribution is 0.133. The Kier molecular flexibility index (Phi) is 4.02. The SMILES string of the molecule is COC(N)=NC1CCc2c(-c3cncnc3)cccc2C1O. The molecule has 0 radical (unpaired) electrons. The lowest BCUT2D eigenvalue weighted by Crippen LogP contribution is -2.27. The molecule has 6 heteroatoms. The van der Waals surface area contributed by atoms with E-state index in [-0.39, 0.29) is 12.1 Å². The third-order valence-corrected chi connectivity index (χ3v) is 3.96. The summed E-state index contributed by atoms with van der Waals surface area (Å²) in [6.07, 6.45) is 5.89. The van der Waals surface area contributed by atoms with Crippen molar-refractivity contribution in [2.75, 3.05) is 7.11 Å². The summed E-state index contributed by atoms with van der Waals surface area (Å²) >= 11 is 0. The molecule has 0 aliphatic heterocycles. The normalized spacial score (nSPS) is 21.3. The van der Waals surface area contributed by atoms with E-state index < -0.39 is 6.10 Å². The fraction of sp³-hybridized carbons (Fsp3) is 0.312. The molecule has 0 saturated heterocycles. The van der Waals surface area contributed by atoms with Crippen LogP contribution < -0.4 is 5.73 Å². The van der Waals surface area contributed by atoms with E-state index >= 15 is 0 Å². The Morgan fingerprint density at radius 2 is 2.14 bits per heavy atom. The van der Waals surface area contributed by atoms with Crippen LogP contribution in [0.25, 0.3) is 11.1 Å². The fourth-order valence-electron chi connectivity index (χ4n) is 2.88. The van der Waals surface area contributed by atoms with Gasteiger partial charge in [0.15, 0.2) is 0 Å². The number of hydrogen-bond donors (Lipinski definition) is 2. The van der Waals surface area contributed by atoms with Gasteiger partial charge in [0.25, 0.3) is 6.02 Å². The highest BCUT2D eigenvalue weighted by molar-refractivity contribution is 5.72. The summed E-state index contributed by atoms with van der Waals surface area (Å²) in [5, 5.41) is 10.6. The molecule has 0 spiro atoms. The molecule has 0 fully saturated rings. The highest BCUT2D eigenvalue weighted by Crippen LogP contribution is 2.37. The van der Waals surface area contributed by atoms with Crippen molar-refractivity contribution in [1.29, 1.82) is 0 Å². The smallest absolute Gasteiger partial charge is 0.282 e. The second-order valence-corrected chi connectivity index (χ2v) is 5.22. The molecule has 0 amide bonds. The number of nitrogens with zero attached hydrogens (tertiary/aromatic N) is 3.